The molecule has 0 aromatic heterocycles. The molecule has 0 N–H and O–H groups in total. The third-order valence-electron chi connectivity index (χ3n) is 2.05. The largest absolute Gasteiger partial charge is 0.465 e. The number of hydrogen-bond donors (Lipinski definition) is 0. The second-order valence-electron chi connectivity index (χ2n) is 3.92. The number of carbonyl (C=O) groups is 2. The van der Waals surface area contributed by atoms with E-state index in [9.17, 15) is 9.59 Å². The van der Waals surface area contributed by atoms with Gasteiger partial charge in [-0.05, 0) is 6.08 Å². The van der Waals surface area contributed by atoms with Crippen LogP contribution in [0.1, 0.15) is 0 Å². The third kappa shape index (κ3) is 4.48. The molecule has 18 heavy (non-hydrogen) atoms. The molecule has 0 aliphatic carbocycles. The summed E-state index contributed by atoms with van der Waals surface area (Å²) in [5.41, 5.74) is 0.283. The molecule has 0 aliphatic rings. The van der Waals surface area contributed by atoms with Gasteiger partial charge in [0.1, 0.15) is 0 Å². The minimum atomic E-state index is -0.728. The topological polar surface area (TPSA) is 59.1 Å². The SMILES string of the molecule is COC(=O)C(C(=O)OC)=C(C=CN(C)C)N(C)C. The summed E-state index contributed by atoms with van der Waals surface area (Å²) in [6.45, 7) is 0. The number of likely N-dealkylation sites (N-methyl/N-ethyl adjacent to an activating group) is 1. The highest BCUT2D eigenvalue weighted by molar-refractivity contribution is 6.14. The molecule has 0 rings (SSSR count). The highest BCUT2D eigenvalue weighted by atomic mass is 16.5. The van der Waals surface area contributed by atoms with E-state index in [-0.39, 0.29) is 5.57 Å². The molecule has 0 saturated carbocycles. The normalized spacial score (nSPS) is 9.89. The van der Waals surface area contributed by atoms with Gasteiger partial charge in [-0.15, -0.1) is 0 Å². The molecule has 6 heteroatoms. The zero-order valence-corrected chi connectivity index (χ0v) is 11.7. The standard InChI is InChI=1S/C12H20N2O4/c1-13(2)8-7-9(14(3)4)10(11(15)17-5)12(16)18-6/h7-8H,1-6H3. The van der Waals surface area contributed by atoms with Gasteiger partial charge in [-0.1, -0.05) is 0 Å². The summed E-state index contributed by atoms with van der Waals surface area (Å²) < 4.78 is 9.20. The van der Waals surface area contributed by atoms with E-state index in [0.717, 1.165) is 0 Å². The number of carbonyl (C=O) groups excluding carboxylic acids is 2. The van der Waals surface area contributed by atoms with E-state index in [4.69, 9.17) is 0 Å². The molecular formula is C12H20N2O4. The number of methoxy groups -OCH3 is 2. The predicted molar refractivity (Wildman–Crippen MR) is 67.6 cm³/mol. The maximum absolute atomic E-state index is 11.6. The van der Waals surface area contributed by atoms with Crippen molar-refractivity contribution in [2.75, 3.05) is 42.4 Å². The van der Waals surface area contributed by atoms with Gasteiger partial charge in [0.2, 0.25) is 0 Å². The van der Waals surface area contributed by atoms with E-state index in [1.54, 1.807) is 36.2 Å². The lowest BCUT2D eigenvalue weighted by molar-refractivity contribution is -0.144. The third-order valence-corrected chi connectivity index (χ3v) is 2.05. The number of allylic oxidation sites excluding steroid dienone is 1. The summed E-state index contributed by atoms with van der Waals surface area (Å²) in [6, 6.07) is 0. The van der Waals surface area contributed by atoms with Crippen LogP contribution in [0.5, 0.6) is 0 Å². The van der Waals surface area contributed by atoms with E-state index < -0.39 is 11.9 Å². The molecule has 0 unspecified atom stereocenters. The smallest absolute Gasteiger partial charge is 0.347 e. The molecule has 0 heterocycles. The Morgan fingerprint density at radius 1 is 0.944 bits per heavy atom. The summed E-state index contributed by atoms with van der Waals surface area (Å²) in [4.78, 5) is 26.7. The van der Waals surface area contributed by atoms with Crippen molar-refractivity contribution in [1.29, 1.82) is 0 Å². The average molecular weight is 256 g/mol. The first-order valence-electron chi connectivity index (χ1n) is 5.28. The van der Waals surface area contributed by atoms with Crippen molar-refractivity contribution in [1.82, 2.24) is 9.80 Å². The Morgan fingerprint density at radius 3 is 1.67 bits per heavy atom. The van der Waals surface area contributed by atoms with Crippen molar-refractivity contribution >= 4 is 11.9 Å². The molecule has 102 valence electrons. The Morgan fingerprint density at radius 2 is 1.39 bits per heavy atom. The Hall–Kier alpha value is -1.98. The number of hydrogen-bond acceptors (Lipinski definition) is 6. The molecule has 0 saturated heterocycles. The Bertz CT molecular complexity index is 352. The summed E-state index contributed by atoms with van der Waals surface area (Å²) in [5.74, 6) is -1.46. The lowest BCUT2D eigenvalue weighted by atomic mass is 10.2. The van der Waals surface area contributed by atoms with Crippen LogP contribution in [0.2, 0.25) is 0 Å². The van der Waals surface area contributed by atoms with Crippen LogP contribution in [0.25, 0.3) is 0 Å². The van der Waals surface area contributed by atoms with Crippen LogP contribution in [0.15, 0.2) is 23.5 Å². The fourth-order valence-corrected chi connectivity index (χ4v) is 1.17. The molecule has 0 aromatic carbocycles. The molecule has 0 bridgehead atoms. The van der Waals surface area contributed by atoms with Crippen molar-refractivity contribution < 1.29 is 19.1 Å². The predicted octanol–water partition coefficient (Wildman–Crippen LogP) is 0.223. The van der Waals surface area contributed by atoms with Crippen molar-refractivity contribution in [3.05, 3.63) is 23.5 Å². The van der Waals surface area contributed by atoms with Crippen molar-refractivity contribution in [3.63, 3.8) is 0 Å². The number of nitrogens with zero attached hydrogens (tertiary/aromatic N) is 2. The molecule has 0 aromatic rings. The molecule has 0 radical (unpaired) electrons. The van der Waals surface area contributed by atoms with E-state index in [1.807, 2.05) is 14.1 Å². The van der Waals surface area contributed by atoms with Crippen LogP contribution >= 0.6 is 0 Å². The fourth-order valence-electron chi connectivity index (χ4n) is 1.17. The van der Waals surface area contributed by atoms with Crippen LogP contribution in [-0.2, 0) is 19.1 Å². The van der Waals surface area contributed by atoms with Gasteiger partial charge in [0, 0.05) is 34.4 Å². The maximum Gasteiger partial charge on any atom is 0.347 e. The molecule has 0 atom stereocenters. The van der Waals surface area contributed by atoms with E-state index >= 15 is 0 Å². The summed E-state index contributed by atoms with van der Waals surface area (Å²) >= 11 is 0. The molecule has 6 nitrogen and oxygen atoms in total. The monoisotopic (exact) mass is 256 g/mol. The molecule has 0 amide bonds. The molecular weight excluding hydrogens is 236 g/mol. The zero-order chi connectivity index (χ0) is 14.3. The number of esters is 2. The lowest BCUT2D eigenvalue weighted by Crippen LogP contribution is -2.23. The van der Waals surface area contributed by atoms with Crippen LogP contribution in [0.4, 0.5) is 0 Å². The van der Waals surface area contributed by atoms with Gasteiger partial charge in [-0.2, -0.15) is 0 Å². The van der Waals surface area contributed by atoms with Gasteiger partial charge in [-0.25, -0.2) is 9.59 Å². The van der Waals surface area contributed by atoms with E-state index in [0.29, 0.717) is 5.70 Å². The minimum Gasteiger partial charge on any atom is -0.465 e. The zero-order valence-electron chi connectivity index (χ0n) is 11.7. The summed E-state index contributed by atoms with van der Waals surface area (Å²) in [7, 11) is 9.55. The highest BCUT2D eigenvalue weighted by Crippen LogP contribution is 2.13. The van der Waals surface area contributed by atoms with Crippen LogP contribution in [-0.4, -0.2) is 64.1 Å². The highest BCUT2D eigenvalue weighted by Gasteiger charge is 2.25. The molecule has 0 aliphatic heterocycles. The van der Waals surface area contributed by atoms with Gasteiger partial charge in [0.15, 0.2) is 5.57 Å². The minimum absolute atomic E-state index is 0.136. The molecule has 0 spiro atoms. The van der Waals surface area contributed by atoms with E-state index in [2.05, 4.69) is 9.47 Å². The fraction of sp³-hybridized carbons (Fsp3) is 0.500. The van der Waals surface area contributed by atoms with Crippen molar-refractivity contribution in [2.45, 2.75) is 0 Å². The summed E-state index contributed by atoms with van der Waals surface area (Å²) in [6.07, 6.45) is 3.37. The van der Waals surface area contributed by atoms with Crippen LogP contribution in [0, 0.1) is 0 Å². The van der Waals surface area contributed by atoms with Crippen LogP contribution < -0.4 is 0 Å². The maximum atomic E-state index is 11.6. The van der Waals surface area contributed by atoms with Crippen LogP contribution in [0.3, 0.4) is 0 Å². The Kier molecular flexibility index (Phi) is 6.56. The van der Waals surface area contributed by atoms with Gasteiger partial charge in [0.25, 0.3) is 0 Å². The molecule has 0 fully saturated rings. The first-order valence-corrected chi connectivity index (χ1v) is 5.28. The average Bonchev–Trinajstić information content (AvgIpc) is 2.31. The quantitative estimate of drug-likeness (QED) is 0.231. The Labute approximate surface area is 107 Å². The van der Waals surface area contributed by atoms with E-state index in [1.165, 1.54) is 14.2 Å². The first-order chi connectivity index (χ1) is 8.34. The van der Waals surface area contributed by atoms with Crippen molar-refractivity contribution in [2.24, 2.45) is 0 Å². The number of ether oxygens (including phenoxy) is 2. The Balaban J connectivity index is 5.70. The number of rotatable bonds is 5. The first kappa shape index (κ1) is 16.0. The van der Waals surface area contributed by atoms with Gasteiger partial charge < -0.3 is 19.3 Å². The second-order valence-corrected chi connectivity index (χ2v) is 3.92. The van der Waals surface area contributed by atoms with Gasteiger partial charge in [0.05, 0.1) is 19.9 Å². The summed E-state index contributed by atoms with van der Waals surface area (Å²) in [5, 5.41) is 0. The second kappa shape index (κ2) is 7.37. The van der Waals surface area contributed by atoms with Gasteiger partial charge >= 0.3 is 11.9 Å². The van der Waals surface area contributed by atoms with Crippen molar-refractivity contribution in [3.8, 4) is 0 Å². The van der Waals surface area contributed by atoms with Gasteiger partial charge in [-0.3, -0.25) is 0 Å². The lowest BCUT2D eigenvalue weighted by Gasteiger charge is -2.18.